The molecule has 0 radical (unpaired) electrons. The van der Waals surface area contributed by atoms with Crippen molar-refractivity contribution >= 4 is 44.3 Å². The fraction of sp³-hybridized carbons (Fsp3) is 0.0303. The molecule has 0 unspecified atom stereocenters. The van der Waals surface area contributed by atoms with E-state index in [-0.39, 0.29) is 33.8 Å². The Labute approximate surface area is 223 Å². The van der Waals surface area contributed by atoms with Crippen molar-refractivity contribution < 1.29 is 29.3 Å². The number of phenolic OH excluding ortho intramolecular Hbond substituents is 2. The van der Waals surface area contributed by atoms with Crippen molar-refractivity contribution in [1.82, 2.24) is 0 Å². The van der Waals surface area contributed by atoms with Crippen molar-refractivity contribution in [1.29, 1.82) is 0 Å². The average molecular weight is 515 g/mol. The van der Waals surface area contributed by atoms with Gasteiger partial charge in [-0.2, -0.15) is 0 Å². The summed E-state index contributed by atoms with van der Waals surface area (Å²) in [6, 6.07) is 29.1. The van der Waals surface area contributed by atoms with Gasteiger partial charge in [-0.05, 0) is 37.3 Å². The summed E-state index contributed by atoms with van der Waals surface area (Å²) in [6.07, 6.45) is 0. The van der Waals surface area contributed by atoms with Crippen LogP contribution in [0.15, 0.2) is 103 Å². The molecule has 0 aromatic heterocycles. The van der Waals surface area contributed by atoms with Crippen molar-refractivity contribution in [3.8, 4) is 23.0 Å². The fourth-order valence-corrected chi connectivity index (χ4v) is 4.82. The van der Waals surface area contributed by atoms with Crippen molar-refractivity contribution in [3.05, 3.63) is 120 Å². The fourth-order valence-electron chi connectivity index (χ4n) is 4.82. The number of benzene rings is 6. The average Bonchev–Trinajstić information content (AvgIpc) is 2.97. The molecule has 0 amide bonds. The van der Waals surface area contributed by atoms with Crippen LogP contribution in [-0.4, -0.2) is 22.2 Å². The Morgan fingerprint density at radius 3 is 1.51 bits per heavy atom. The van der Waals surface area contributed by atoms with E-state index in [1.54, 1.807) is 97.1 Å². The highest BCUT2D eigenvalue weighted by Gasteiger charge is 2.27. The van der Waals surface area contributed by atoms with Crippen LogP contribution in [0.25, 0.3) is 32.3 Å². The molecule has 6 nitrogen and oxygen atoms in total. The number of carbonyl (C=O) groups is 2. The summed E-state index contributed by atoms with van der Waals surface area (Å²) in [6.45, 7) is 1.87. The SMILES string of the molecule is Cc1ccc2c(O)c3c(OC(=O)c4ccccc4)c4ccccc4c(O)c3c(OC(=O)c3ccccc3)c2c1. The number of rotatable bonds is 4. The molecule has 0 heterocycles. The molecule has 6 aromatic rings. The molecule has 39 heavy (non-hydrogen) atoms. The highest BCUT2D eigenvalue weighted by Crippen LogP contribution is 2.53. The van der Waals surface area contributed by atoms with Crippen LogP contribution in [0.5, 0.6) is 23.0 Å². The lowest BCUT2D eigenvalue weighted by Gasteiger charge is -2.19. The minimum atomic E-state index is -0.640. The zero-order valence-corrected chi connectivity index (χ0v) is 20.8. The first-order chi connectivity index (χ1) is 18.9. The van der Waals surface area contributed by atoms with Crippen LogP contribution in [0.4, 0.5) is 0 Å². The third kappa shape index (κ3) is 4.08. The molecule has 0 fully saturated rings. The number of aromatic hydroxyl groups is 2. The smallest absolute Gasteiger partial charge is 0.343 e. The number of hydrogen-bond acceptors (Lipinski definition) is 6. The minimum Gasteiger partial charge on any atom is -0.507 e. The molecule has 0 bridgehead atoms. The van der Waals surface area contributed by atoms with Gasteiger partial charge in [0.25, 0.3) is 0 Å². The minimum absolute atomic E-state index is 0.0456. The molecule has 0 atom stereocenters. The van der Waals surface area contributed by atoms with Crippen molar-refractivity contribution in [2.24, 2.45) is 0 Å². The molecule has 0 saturated heterocycles. The Kier molecular flexibility index (Phi) is 5.85. The summed E-state index contributed by atoms with van der Waals surface area (Å²) in [7, 11) is 0. The highest BCUT2D eigenvalue weighted by molar-refractivity contribution is 6.23. The zero-order valence-electron chi connectivity index (χ0n) is 20.8. The van der Waals surface area contributed by atoms with E-state index < -0.39 is 11.9 Å². The maximum absolute atomic E-state index is 13.2. The molecule has 0 aliphatic rings. The Morgan fingerprint density at radius 2 is 0.974 bits per heavy atom. The standard InChI is InChI=1S/C33H22O6/c1-19-16-17-23-25(18-19)31(39-33(37)21-12-6-3-7-13-21)27-26(29(23)35)30(24-15-9-8-14-22(24)28(27)34)38-32(36)20-10-4-2-5-11-20/h2-18,34-35H,1H3. The van der Waals surface area contributed by atoms with Gasteiger partial charge in [0.05, 0.1) is 21.9 Å². The quantitative estimate of drug-likeness (QED) is 0.146. The molecule has 0 spiro atoms. The van der Waals surface area contributed by atoms with E-state index in [0.717, 1.165) is 5.56 Å². The first-order valence-corrected chi connectivity index (χ1v) is 12.3. The summed E-state index contributed by atoms with van der Waals surface area (Å²) in [5, 5.41) is 24.8. The molecule has 190 valence electrons. The third-order valence-corrected chi connectivity index (χ3v) is 6.69. The van der Waals surface area contributed by atoms with Gasteiger partial charge in [0, 0.05) is 21.5 Å². The molecule has 2 N–H and O–H groups in total. The third-order valence-electron chi connectivity index (χ3n) is 6.69. The molecule has 0 aliphatic carbocycles. The van der Waals surface area contributed by atoms with E-state index in [2.05, 4.69) is 0 Å². The van der Waals surface area contributed by atoms with E-state index in [1.807, 2.05) is 13.0 Å². The second-order valence-corrected chi connectivity index (χ2v) is 9.21. The largest absolute Gasteiger partial charge is 0.507 e. The van der Waals surface area contributed by atoms with Gasteiger partial charge < -0.3 is 19.7 Å². The molecule has 6 heteroatoms. The van der Waals surface area contributed by atoms with Gasteiger partial charge in [-0.25, -0.2) is 9.59 Å². The van der Waals surface area contributed by atoms with Crippen LogP contribution in [0.3, 0.4) is 0 Å². The second-order valence-electron chi connectivity index (χ2n) is 9.21. The summed E-state index contributed by atoms with van der Waals surface area (Å²) in [5.41, 5.74) is 1.49. The topological polar surface area (TPSA) is 93.1 Å². The van der Waals surface area contributed by atoms with E-state index in [0.29, 0.717) is 32.7 Å². The predicted molar refractivity (Wildman–Crippen MR) is 150 cm³/mol. The van der Waals surface area contributed by atoms with E-state index in [9.17, 15) is 19.8 Å². The molecule has 6 aromatic carbocycles. The Balaban J connectivity index is 1.71. The van der Waals surface area contributed by atoms with Gasteiger partial charge >= 0.3 is 11.9 Å². The Hall–Kier alpha value is -5.36. The number of hydrogen-bond donors (Lipinski definition) is 2. The maximum Gasteiger partial charge on any atom is 0.343 e. The second kappa shape index (κ2) is 9.50. The van der Waals surface area contributed by atoms with Crippen LogP contribution < -0.4 is 9.47 Å². The zero-order chi connectivity index (χ0) is 27.1. The van der Waals surface area contributed by atoms with Gasteiger partial charge in [-0.1, -0.05) is 78.4 Å². The number of fused-ring (bicyclic) bond motifs is 3. The molecular formula is C33H22O6. The van der Waals surface area contributed by atoms with Gasteiger partial charge in [-0.3, -0.25) is 0 Å². The molecule has 0 aliphatic heterocycles. The number of phenols is 2. The van der Waals surface area contributed by atoms with Crippen molar-refractivity contribution in [2.75, 3.05) is 0 Å². The van der Waals surface area contributed by atoms with E-state index in [4.69, 9.17) is 9.47 Å². The lowest BCUT2D eigenvalue weighted by molar-refractivity contribution is 0.0727. The van der Waals surface area contributed by atoms with Crippen molar-refractivity contribution in [3.63, 3.8) is 0 Å². The van der Waals surface area contributed by atoms with Crippen LogP contribution in [0.2, 0.25) is 0 Å². The molecular weight excluding hydrogens is 492 g/mol. The van der Waals surface area contributed by atoms with Gasteiger partial charge in [0.2, 0.25) is 0 Å². The lowest BCUT2D eigenvalue weighted by Crippen LogP contribution is -2.11. The summed E-state index contributed by atoms with van der Waals surface area (Å²) >= 11 is 0. The number of carbonyl (C=O) groups excluding carboxylic acids is 2. The van der Waals surface area contributed by atoms with Crippen LogP contribution in [0, 0.1) is 6.92 Å². The van der Waals surface area contributed by atoms with Crippen molar-refractivity contribution in [2.45, 2.75) is 6.92 Å². The van der Waals surface area contributed by atoms with Gasteiger partial charge in [0.1, 0.15) is 11.5 Å². The predicted octanol–water partition coefficient (Wildman–Crippen LogP) is 7.30. The lowest BCUT2D eigenvalue weighted by atomic mass is 9.94. The number of ether oxygens (including phenoxy) is 2. The highest BCUT2D eigenvalue weighted by atomic mass is 16.5. The van der Waals surface area contributed by atoms with Crippen LogP contribution >= 0.6 is 0 Å². The first-order valence-electron chi connectivity index (χ1n) is 12.3. The van der Waals surface area contributed by atoms with Gasteiger partial charge in [0.15, 0.2) is 11.5 Å². The van der Waals surface area contributed by atoms with E-state index >= 15 is 0 Å². The summed E-state index contributed by atoms with van der Waals surface area (Å²) in [4.78, 5) is 26.4. The number of esters is 2. The number of aryl methyl sites for hydroxylation is 1. The Bertz CT molecular complexity index is 1910. The van der Waals surface area contributed by atoms with Crippen LogP contribution in [-0.2, 0) is 0 Å². The summed E-state index contributed by atoms with van der Waals surface area (Å²) in [5.74, 6) is -1.61. The summed E-state index contributed by atoms with van der Waals surface area (Å²) < 4.78 is 11.9. The monoisotopic (exact) mass is 514 g/mol. The molecule has 0 saturated carbocycles. The van der Waals surface area contributed by atoms with Crippen LogP contribution in [0.1, 0.15) is 26.3 Å². The Morgan fingerprint density at radius 1 is 0.538 bits per heavy atom. The van der Waals surface area contributed by atoms with E-state index in [1.165, 1.54) is 0 Å². The first kappa shape index (κ1) is 24.0. The maximum atomic E-state index is 13.2. The normalized spacial score (nSPS) is 11.1. The van der Waals surface area contributed by atoms with Gasteiger partial charge in [-0.15, -0.1) is 0 Å². The molecule has 6 rings (SSSR count).